The average molecular weight is 332 g/mol. The fourth-order valence-corrected chi connectivity index (χ4v) is 2.52. The fourth-order valence-electron chi connectivity index (χ4n) is 2.18. The van der Waals surface area contributed by atoms with Gasteiger partial charge in [0.1, 0.15) is 5.82 Å². The maximum atomic E-state index is 13.3. The molecule has 4 N–H and O–H groups in total. The van der Waals surface area contributed by atoms with Gasteiger partial charge in [-0.3, -0.25) is 0 Å². The summed E-state index contributed by atoms with van der Waals surface area (Å²) in [7, 11) is 0. The molecule has 1 atom stereocenters. The Kier molecular flexibility index (Phi) is 4.14. The summed E-state index contributed by atoms with van der Waals surface area (Å²) in [5, 5.41) is 12.1. The number of carbonyl (C=O) groups is 1. The van der Waals surface area contributed by atoms with Crippen molar-refractivity contribution < 1.29 is 14.3 Å². The van der Waals surface area contributed by atoms with Crippen LogP contribution in [0, 0.1) is 5.82 Å². The maximum absolute atomic E-state index is 13.3. The third-order valence-electron chi connectivity index (χ3n) is 3.14. The van der Waals surface area contributed by atoms with Crippen LogP contribution in [-0.2, 0) is 0 Å². The van der Waals surface area contributed by atoms with Crippen LogP contribution >= 0.6 is 15.9 Å². The van der Waals surface area contributed by atoms with Gasteiger partial charge < -0.3 is 21.1 Å². The highest BCUT2D eigenvalue weighted by Gasteiger charge is 2.23. The molecule has 1 heterocycles. The second kappa shape index (κ2) is 5.64. The molecular weight excluding hydrogens is 317 g/mol. The molecular formula is C12H15BrFN3O2. The van der Waals surface area contributed by atoms with E-state index < -0.39 is 11.9 Å². The van der Waals surface area contributed by atoms with Gasteiger partial charge >= 0.3 is 6.09 Å². The number of halogens is 2. The zero-order valence-electron chi connectivity index (χ0n) is 10.2. The zero-order chi connectivity index (χ0) is 14.0. The highest BCUT2D eigenvalue weighted by Crippen LogP contribution is 2.28. The number of nitrogens with one attached hydrogen (secondary N) is 1. The average Bonchev–Trinajstić information content (AvgIpc) is 2.36. The Balaban J connectivity index is 2.08. The monoisotopic (exact) mass is 331 g/mol. The van der Waals surface area contributed by atoms with Crippen molar-refractivity contribution in [1.29, 1.82) is 0 Å². The number of amides is 1. The van der Waals surface area contributed by atoms with E-state index in [1.807, 2.05) is 0 Å². The second-order valence-corrected chi connectivity index (χ2v) is 5.42. The van der Waals surface area contributed by atoms with Crippen molar-refractivity contribution in [2.75, 3.05) is 24.1 Å². The number of nitrogens with two attached hydrogens (primary N) is 1. The molecule has 1 aromatic carbocycles. The summed E-state index contributed by atoms with van der Waals surface area (Å²) in [6.07, 6.45) is 0.740. The van der Waals surface area contributed by atoms with Crippen molar-refractivity contribution in [1.82, 2.24) is 4.90 Å². The number of carboxylic acid groups (broad SMARTS) is 1. The smallest absolute Gasteiger partial charge is 0.407 e. The molecule has 1 amide bonds. The lowest BCUT2D eigenvalue weighted by molar-refractivity contribution is 0.133. The third-order valence-corrected chi connectivity index (χ3v) is 3.75. The van der Waals surface area contributed by atoms with Gasteiger partial charge in [0.25, 0.3) is 0 Å². The largest absolute Gasteiger partial charge is 0.465 e. The van der Waals surface area contributed by atoms with E-state index in [1.54, 1.807) is 6.07 Å². The van der Waals surface area contributed by atoms with Crippen LogP contribution in [0.5, 0.6) is 0 Å². The van der Waals surface area contributed by atoms with Crippen LogP contribution in [0.1, 0.15) is 12.8 Å². The number of rotatable bonds is 2. The molecule has 5 nitrogen and oxygen atoms in total. The van der Waals surface area contributed by atoms with Crippen LogP contribution < -0.4 is 11.1 Å². The summed E-state index contributed by atoms with van der Waals surface area (Å²) in [6.45, 7) is 0.958. The number of benzene rings is 1. The van der Waals surface area contributed by atoms with E-state index in [9.17, 15) is 9.18 Å². The van der Waals surface area contributed by atoms with E-state index in [-0.39, 0.29) is 6.04 Å². The normalized spacial score (nSPS) is 19.3. The predicted octanol–water partition coefficient (Wildman–Crippen LogP) is 2.72. The minimum absolute atomic E-state index is 0.00971. The van der Waals surface area contributed by atoms with Crippen LogP contribution in [0.4, 0.5) is 20.6 Å². The number of likely N-dealkylation sites (tertiary alicyclic amines) is 1. The number of hydrogen-bond donors (Lipinski definition) is 3. The van der Waals surface area contributed by atoms with E-state index >= 15 is 0 Å². The molecule has 0 unspecified atom stereocenters. The Morgan fingerprint density at radius 2 is 2.32 bits per heavy atom. The number of anilines is 2. The molecule has 0 bridgehead atoms. The molecule has 19 heavy (non-hydrogen) atoms. The lowest BCUT2D eigenvalue weighted by atomic mass is 10.1. The van der Waals surface area contributed by atoms with Crippen molar-refractivity contribution in [3.63, 3.8) is 0 Å². The van der Waals surface area contributed by atoms with Gasteiger partial charge in [0.15, 0.2) is 0 Å². The van der Waals surface area contributed by atoms with Crippen LogP contribution in [0.15, 0.2) is 16.6 Å². The summed E-state index contributed by atoms with van der Waals surface area (Å²) in [5.74, 6) is -0.418. The molecule has 104 valence electrons. The molecule has 1 saturated heterocycles. The van der Waals surface area contributed by atoms with Crippen LogP contribution in [-0.4, -0.2) is 35.2 Å². The minimum atomic E-state index is -0.917. The van der Waals surface area contributed by atoms with Crippen LogP contribution in [0.25, 0.3) is 0 Å². The lowest BCUT2D eigenvalue weighted by Crippen LogP contribution is -2.44. The quantitative estimate of drug-likeness (QED) is 0.728. The molecule has 1 aromatic rings. The number of nitrogen functional groups attached to an aromatic ring is 1. The molecule has 0 spiro atoms. The summed E-state index contributed by atoms with van der Waals surface area (Å²) < 4.78 is 13.6. The van der Waals surface area contributed by atoms with Gasteiger partial charge in [0.2, 0.25) is 0 Å². The summed E-state index contributed by atoms with van der Waals surface area (Å²) in [6, 6.07) is 2.80. The van der Waals surface area contributed by atoms with Gasteiger partial charge in [0, 0.05) is 25.2 Å². The van der Waals surface area contributed by atoms with Crippen molar-refractivity contribution in [2.45, 2.75) is 18.9 Å². The van der Waals surface area contributed by atoms with Crippen molar-refractivity contribution in [3.8, 4) is 0 Å². The Morgan fingerprint density at radius 1 is 1.58 bits per heavy atom. The summed E-state index contributed by atoms with van der Waals surface area (Å²) in [5.41, 5.74) is 6.68. The number of nitrogens with zero attached hydrogens (tertiary/aromatic N) is 1. The molecule has 0 aliphatic carbocycles. The van der Waals surface area contributed by atoms with Gasteiger partial charge in [-0.15, -0.1) is 0 Å². The first-order valence-corrected chi connectivity index (χ1v) is 6.75. The van der Waals surface area contributed by atoms with E-state index in [2.05, 4.69) is 21.2 Å². The minimum Gasteiger partial charge on any atom is -0.465 e. The third kappa shape index (κ3) is 3.28. The van der Waals surface area contributed by atoms with Gasteiger partial charge in [-0.2, -0.15) is 0 Å². The SMILES string of the molecule is Nc1cc(F)c(Br)cc1N[C@H]1CCCN(C(=O)O)C1. The first kappa shape index (κ1) is 13.9. The Morgan fingerprint density at radius 3 is 3.00 bits per heavy atom. The summed E-state index contributed by atoms with van der Waals surface area (Å²) >= 11 is 3.11. The highest BCUT2D eigenvalue weighted by atomic mass is 79.9. The molecule has 0 radical (unpaired) electrons. The topological polar surface area (TPSA) is 78.6 Å². The molecule has 1 aliphatic heterocycles. The Hall–Kier alpha value is -1.50. The van der Waals surface area contributed by atoms with Crippen molar-refractivity contribution in [2.24, 2.45) is 0 Å². The second-order valence-electron chi connectivity index (χ2n) is 4.57. The predicted molar refractivity (Wildman–Crippen MR) is 74.8 cm³/mol. The Bertz CT molecular complexity index is 498. The maximum Gasteiger partial charge on any atom is 0.407 e. The molecule has 1 fully saturated rings. The number of piperidine rings is 1. The van der Waals surface area contributed by atoms with E-state index in [0.717, 1.165) is 12.8 Å². The molecule has 0 saturated carbocycles. The van der Waals surface area contributed by atoms with Crippen LogP contribution in [0.2, 0.25) is 0 Å². The summed E-state index contributed by atoms with van der Waals surface area (Å²) in [4.78, 5) is 12.3. The molecule has 2 rings (SSSR count). The van der Waals surface area contributed by atoms with Gasteiger partial charge in [0.05, 0.1) is 15.8 Å². The highest BCUT2D eigenvalue weighted by molar-refractivity contribution is 9.10. The lowest BCUT2D eigenvalue weighted by Gasteiger charge is -2.32. The standard InChI is InChI=1S/C12H15BrFN3O2/c13-8-4-11(10(15)5-9(8)14)16-7-2-1-3-17(6-7)12(18)19/h4-5,7,16H,1-3,6,15H2,(H,18,19)/t7-/m0/s1. The number of hydrogen-bond acceptors (Lipinski definition) is 3. The van der Waals surface area contributed by atoms with E-state index in [4.69, 9.17) is 10.8 Å². The van der Waals surface area contributed by atoms with E-state index in [1.165, 1.54) is 11.0 Å². The van der Waals surface area contributed by atoms with Gasteiger partial charge in [-0.05, 0) is 34.8 Å². The molecule has 0 aromatic heterocycles. The molecule has 7 heteroatoms. The van der Waals surface area contributed by atoms with Gasteiger partial charge in [-0.25, -0.2) is 9.18 Å². The van der Waals surface area contributed by atoms with Crippen molar-refractivity contribution in [3.05, 3.63) is 22.4 Å². The van der Waals surface area contributed by atoms with Gasteiger partial charge in [-0.1, -0.05) is 0 Å². The zero-order valence-corrected chi connectivity index (χ0v) is 11.8. The fraction of sp³-hybridized carbons (Fsp3) is 0.417. The molecule has 1 aliphatic rings. The Labute approximate surface area is 118 Å². The van der Waals surface area contributed by atoms with E-state index in [0.29, 0.717) is 28.9 Å². The van der Waals surface area contributed by atoms with Crippen molar-refractivity contribution >= 4 is 33.4 Å². The first-order valence-electron chi connectivity index (χ1n) is 5.96. The van der Waals surface area contributed by atoms with Crippen LogP contribution in [0.3, 0.4) is 0 Å². The first-order chi connectivity index (χ1) is 8.97.